The summed E-state index contributed by atoms with van der Waals surface area (Å²) in [5.74, 6) is -1.94. The molecule has 4 amide bonds. The molecule has 32 heavy (non-hydrogen) atoms. The number of carbonyl (C=O) groups excluding carboxylic acids is 3. The van der Waals surface area contributed by atoms with Crippen molar-refractivity contribution in [3.05, 3.63) is 65.9 Å². The number of rotatable bonds is 5. The molecule has 0 aliphatic carbocycles. The van der Waals surface area contributed by atoms with Gasteiger partial charge in [0, 0.05) is 17.1 Å². The maximum absolute atomic E-state index is 13.0. The van der Waals surface area contributed by atoms with E-state index >= 15 is 0 Å². The van der Waals surface area contributed by atoms with Crippen LogP contribution in [0.4, 0.5) is 10.5 Å². The van der Waals surface area contributed by atoms with E-state index < -0.39 is 29.9 Å². The van der Waals surface area contributed by atoms with Gasteiger partial charge in [-0.25, -0.2) is 14.5 Å². The highest BCUT2D eigenvalue weighted by atomic mass is 16.5. The van der Waals surface area contributed by atoms with E-state index in [-0.39, 0.29) is 5.57 Å². The third-order valence-corrected chi connectivity index (χ3v) is 5.26. The van der Waals surface area contributed by atoms with Gasteiger partial charge < -0.3 is 14.4 Å². The van der Waals surface area contributed by atoms with Gasteiger partial charge in [0.05, 0.1) is 12.8 Å². The van der Waals surface area contributed by atoms with Crippen molar-refractivity contribution in [1.29, 1.82) is 0 Å². The number of hydrogen-bond acceptors (Lipinski definition) is 5. The average Bonchev–Trinajstić information content (AvgIpc) is 3.19. The van der Waals surface area contributed by atoms with Gasteiger partial charge in [-0.05, 0) is 61.0 Å². The van der Waals surface area contributed by atoms with Crippen molar-refractivity contribution in [2.24, 2.45) is 0 Å². The molecule has 1 atom stereocenters. The van der Waals surface area contributed by atoms with E-state index in [1.807, 2.05) is 0 Å². The summed E-state index contributed by atoms with van der Waals surface area (Å²) >= 11 is 0. The number of carbonyl (C=O) groups is 4. The molecule has 1 fully saturated rings. The zero-order valence-electron chi connectivity index (χ0n) is 17.2. The molecule has 0 bridgehead atoms. The molecule has 2 heterocycles. The van der Waals surface area contributed by atoms with Crippen molar-refractivity contribution in [2.45, 2.75) is 13.0 Å². The van der Waals surface area contributed by atoms with Crippen LogP contribution in [0.2, 0.25) is 0 Å². The molecule has 9 heteroatoms. The van der Waals surface area contributed by atoms with Gasteiger partial charge in [0.1, 0.15) is 17.4 Å². The minimum Gasteiger partial charge on any atom is -0.497 e. The van der Waals surface area contributed by atoms with E-state index in [9.17, 15) is 24.3 Å². The van der Waals surface area contributed by atoms with Crippen LogP contribution in [0.3, 0.4) is 0 Å². The van der Waals surface area contributed by atoms with Gasteiger partial charge in [-0.3, -0.25) is 14.9 Å². The van der Waals surface area contributed by atoms with Crippen LogP contribution in [0, 0.1) is 0 Å². The van der Waals surface area contributed by atoms with Gasteiger partial charge in [0.15, 0.2) is 0 Å². The largest absolute Gasteiger partial charge is 0.497 e. The number of aliphatic carboxylic acids is 1. The fraction of sp³-hybridized carbons (Fsp3) is 0.130. The Balaban J connectivity index is 1.69. The zero-order chi connectivity index (χ0) is 23.0. The fourth-order valence-electron chi connectivity index (χ4n) is 3.52. The Labute approximate surface area is 182 Å². The van der Waals surface area contributed by atoms with Crippen LogP contribution in [0.25, 0.3) is 17.0 Å². The monoisotopic (exact) mass is 433 g/mol. The highest BCUT2D eigenvalue weighted by Gasteiger charge is 2.36. The SMILES string of the molecule is COc1ccc(N2C(=O)NC(=O)/C(=C\c3ccc4c(ccn4[C@H](C)C(=O)O)c3)C2=O)cc1. The summed E-state index contributed by atoms with van der Waals surface area (Å²) in [4.78, 5) is 49.9. The second kappa shape index (κ2) is 8.03. The van der Waals surface area contributed by atoms with Gasteiger partial charge in [0.2, 0.25) is 0 Å². The number of carboxylic acids is 1. The Morgan fingerprint density at radius 3 is 2.47 bits per heavy atom. The first-order valence-corrected chi connectivity index (χ1v) is 9.69. The first-order chi connectivity index (χ1) is 15.3. The number of anilines is 1. The maximum atomic E-state index is 13.0. The molecule has 0 spiro atoms. The minimum absolute atomic E-state index is 0.196. The molecule has 1 aliphatic heterocycles. The predicted octanol–water partition coefficient (Wildman–Crippen LogP) is 2.96. The number of methoxy groups -OCH3 is 1. The lowest BCUT2D eigenvalue weighted by Crippen LogP contribution is -2.54. The van der Waals surface area contributed by atoms with Gasteiger partial charge in [0.25, 0.3) is 11.8 Å². The van der Waals surface area contributed by atoms with E-state index in [1.54, 1.807) is 66.2 Å². The number of imide groups is 2. The molecule has 0 radical (unpaired) electrons. The molecule has 4 rings (SSSR count). The third-order valence-electron chi connectivity index (χ3n) is 5.26. The van der Waals surface area contributed by atoms with Gasteiger partial charge in [-0.1, -0.05) is 6.07 Å². The summed E-state index contributed by atoms with van der Waals surface area (Å²) < 4.78 is 6.71. The maximum Gasteiger partial charge on any atom is 0.335 e. The van der Waals surface area contributed by atoms with Crippen LogP contribution in [0.5, 0.6) is 5.75 Å². The van der Waals surface area contributed by atoms with Crippen molar-refractivity contribution in [3.63, 3.8) is 0 Å². The van der Waals surface area contributed by atoms with Crippen molar-refractivity contribution >= 4 is 46.5 Å². The number of urea groups is 1. The Hall–Kier alpha value is -4.40. The van der Waals surface area contributed by atoms with Crippen LogP contribution >= 0.6 is 0 Å². The lowest BCUT2D eigenvalue weighted by Gasteiger charge is -2.26. The van der Waals surface area contributed by atoms with Crippen molar-refractivity contribution in [3.8, 4) is 5.75 Å². The van der Waals surface area contributed by atoms with Crippen molar-refractivity contribution in [1.82, 2.24) is 9.88 Å². The number of nitrogens with zero attached hydrogens (tertiary/aromatic N) is 2. The zero-order valence-corrected chi connectivity index (χ0v) is 17.2. The van der Waals surface area contributed by atoms with E-state index in [4.69, 9.17) is 4.74 Å². The number of benzene rings is 2. The van der Waals surface area contributed by atoms with Gasteiger partial charge >= 0.3 is 12.0 Å². The average molecular weight is 433 g/mol. The van der Waals surface area contributed by atoms with Crippen LogP contribution < -0.4 is 15.0 Å². The number of aromatic nitrogens is 1. The number of ether oxygens (including phenoxy) is 1. The standard InChI is InChI=1S/C23H19N3O6/c1-13(22(29)30)25-10-9-15-11-14(3-8-19(15)25)12-18-20(27)24-23(31)26(21(18)28)16-4-6-17(32-2)7-5-16/h3-13H,1-2H3,(H,29,30)(H,24,27,31)/b18-12+/t13-/m1/s1. The molecule has 0 unspecified atom stereocenters. The summed E-state index contributed by atoms with van der Waals surface area (Å²) in [7, 11) is 1.50. The Morgan fingerprint density at radius 2 is 1.81 bits per heavy atom. The second-order valence-electron chi connectivity index (χ2n) is 7.21. The van der Waals surface area contributed by atoms with Crippen molar-refractivity contribution in [2.75, 3.05) is 12.0 Å². The van der Waals surface area contributed by atoms with E-state index in [1.165, 1.54) is 13.2 Å². The lowest BCUT2D eigenvalue weighted by molar-refractivity contribution is -0.140. The molecule has 1 saturated heterocycles. The molecule has 2 aromatic carbocycles. The number of hydrogen-bond donors (Lipinski definition) is 2. The topological polar surface area (TPSA) is 118 Å². The highest BCUT2D eigenvalue weighted by Crippen LogP contribution is 2.26. The summed E-state index contributed by atoms with van der Waals surface area (Å²) in [5.41, 5.74) is 1.36. The van der Waals surface area contributed by atoms with Crippen molar-refractivity contribution < 1.29 is 29.0 Å². The number of fused-ring (bicyclic) bond motifs is 1. The molecular weight excluding hydrogens is 414 g/mol. The van der Waals surface area contributed by atoms with Gasteiger partial charge in [-0.15, -0.1) is 0 Å². The van der Waals surface area contributed by atoms with E-state index in [0.717, 1.165) is 10.3 Å². The summed E-state index contributed by atoms with van der Waals surface area (Å²) in [6.07, 6.45) is 3.07. The second-order valence-corrected chi connectivity index (χ2v) is 7.21. The molecule has 162 valence electrons. The number of carboxylic acid groups (broad SMARTS) is 1. The molecule has 9 nitrogen and oxygen atoms in total. The summed E-state index contributed by atoms with van der Waals surface area (Å²) in [6.45, 7) is 1.58. The smallest absolute Gasteiger partial charge is 0.335 e. The van der Waals surface area contributed by atoms with Crippen LogP contribution in [-0.4, -0.2) is 40.6 Å². The molecule has 2 N–H and O–H groups in total. The lowest BCUT2D eigenvalue weighted by atomic mass is 10.1. The molecule has 3 aromatic rings. The fourth-order valence-corrected chi connectivity index (χ4v) is 3.52. The Morgan fingerprint density at radius 1 is 1.09 bits per heavy atom. The van der Waals surface area contributed by atoms with E-state index in [2.05, 4.69) is 5.32 Å². The third kappa shape index (κ3) is 3.60. The predicted molar refractivity (Wildman–Crippen MR) is 116 cm³/mol. The highest BCUT2D eigenvalue weighted by molar-refractivity contribution is 6.39. The molecule has 1 aromatic heterocycles. The first kappa shape index (κ1) is 20.9. The number of barbiturate groups is 1. The van der Waals surface area contributed by atoms with E-state index in [0.29, 0.717) is 22.5 Å². The van der Waals surface area contributed by atoms with Crippen LogP contribution in [0.1, 0.15) is 18.5 Å². The Kier molecular flexibility index (Phi) is 5.23. The normalized spacial score (nSPS) is 16.4. The molecule has 1 aliphatic rings. The van der Waals surface area contributed by atoms with Gasteiger partial charge in [-0.2, -0.15) is 0 Å². The van der Waals surface area contributed by atoms with Crippen LogP contribution in [0.15, 0.2) is 60.3 Å². The first-order valence-electron chi connectivity index (χ1n) is 9.69. The molecule has 0 saturated carbocycles. The quantitative estimate of drug-likeness (QED) is 0.472. The van der Waals surface area contributed by atoms with Crippen LogP contribution in [-0.2, 0) is 14.4 Å². The number of nitrogens with one attached hydrogen (secondary N) is 1. The molecular formula is C23H19N3O6. The Bertz CT molecular complexity index is 1290. The number of amides is 4. The minimum atomic E-state index is -0.957. The summed E-state index contributed by atoms with van der Waals surface area (Å²) in [6, 6.07) is 11.6. The summed E-state index contributed by atoms with van der Waals surface area (Å²) in [5, 5.41) is 12.2.